The van der Waals surface area contributed by atoms with E-state index in [-0.39, 0.29) is 5.91 Å². The molecule has 0 saturated heterocycles. The Hall–Kier alpha value is -1.72. The van der Waals surface area contributed by atoms with Gasteiger partial charge in [0, 0.05) is 17.5 Å². The monoisotopic (exact) mass is 261 g/mol. The minimum atomic E-state index is -0.124. The molecule has 0 aliphatic heterocycles. The number of carbonyl (C=O) groups is 1. The first kappa shape index (κ1) is 12.7. The van der Waals surface area contributed by atoms with Gasteiger partial charge in [0.2, 0.25) is 0 Å². The molecule has 1 amide bonds. The molecule has 18 heavy (non-hydrogen) atoms. The van der Waals surface area contributed by atoms with Crippen molar-refractivity contribution in [3.05, 3.63) is 47.0 Å². The summed E-state index contributed by atoms with van der Waals surface area (Å²) in [5.41, 5.74) is 1.61. The summed E-state index contributed by atoms with van der Waals surface area (Å²) in [4.78, 5) is 18.3. The Labute approximate surface area is 110 Å². The molecule has 0 aliphatic carbocycles. The van der Waals surface area contributed by atoms with Crippen molar-refractivity contribution in [3.63, 3.8) is 0 Å². The van der Waals surface area contributed by atoms with E-state index in [1.54, 1.807) is 12.1 Å². The molecule has 0 aliphatic rings. The predicted octanol–water partition coefficient (Wildman–Crippen LogP) is 2.46. The molecule has 4 nitrogen and oxygen atoms in total. The lowest BCUT2D eigenvalue weighted by molar-refractivity contribution is 0.102. The van der Waals surface area contributed by atoms with Crippen molar-refractivity contribution in [2.45, 2.75) is 6.54 Å². The number of thiazole rings is 1. The number of anilines is 1. The number of benzene rings is 1. The normalized spacial score (nSPS) is 10.6. The fourth-order valence-corrected chi connectivity index (χ4v) is 2.22. The van der Waals surface area contributed by atoms with Crippen LogP contribution in [-0.4, -0.2) is 29.9 Å². The zero-order valence-electron chi connectivity index (χ0n) is 10.4. The van der Waals surface area contributed by atoms with Gasteiger partial charge in [-0.25, -0.2) is 4.98 Å². The third-order valence-corrected chi connectivity index (χ3v) is 3.09. The third-order valence-electron chi connectivity index (χ3n) is 2.29. The number of aromatic nitrogens is 1. The van der Waals surface area contributed by atoms with Crippen molar-refractivity contribution in [1.82, 2.24) is 9.88 Å². The molecule has 1 aromatic heterocycles. The van der Waals surface area contributed by atoms with E-state index in [4.69, 9.17) is 0 Å². The Morgan fingerprint density at radius 3 is 2.72 bits per heavy atom. The van der Waals surface area contributed by atoms with Crippen molar-refractivity contribution in [2.24, 2.45) is 0 Å². The number of amides is 1. The fraction of sp³-hybridized carbons (Fsp3) is 0.231. The Balaban J connectivity index is 2.01. The highest BCUT2D eigenvalue weighted by Gasteiger charge is 2.08. The molecule has 2 aromatic rings. The number of nitrogens with one attached hydrogen (secondary N) is 1. The average Bonchev–Trinajstić information content (AvgIpc) is 2.76. The van der Waals surface area contributed by atoms with Crippen LogP contribution in [0.15, 0.2) is 35.7 Å². The van der Waals surface area contributed by atoms with Crippen LogP contribution in [0.3, 0.4) is 0 Å². The van der Waals surface area contributed by atoms with Gasteiger partial charge in [-0.3, -0.25) is 10.1 Å². The van der Waals surface area contributed by atoms with Crippen molar-refractivity contribution in [3.8, 4) is 0 Å². The van der Waals surface area contributed by atoms with E-state index in [0.717, 1.165) is 12.2 Å². The summed E-state index contributed by atoms with van der Waals surface area (Å²) < 4.78 is 0. The number of rotatable bonds is 4. The summed E-state index contributed by atoms with van der Waals surface area (Å²) in [7, 11) is 3.98. The predicted molar refractivity (Wildman–Crippen MR) is 73.9 cm³/mol. The second-order valence-corrected chi connectivity index (χ2v) is 5.06. The van der Waals surface area contributed by atoms with Gasteiger partial charge < -0.3 is 4.90 Å². The first-order valence-corrected chi connectivity index (χ1v) is 6.48. The van der Waals surface area contributed by atoms with Gasteiger partial charge in [0.15, 0.2) is 5.13 Å². The Kier molecular flexibility index (Phi) is 4.07. The molecule has 0 spiro atoms. The molecule has 1 N–H and O–H groups in total. The number of hydrogen-bond donors (Lipinski definition) is 1. The second-order valence-electron chi connectivity index (χ2n) is 4.20. The van der Waals surface area contributed by atoms with E-state index in [2.05, 4.69) is 10.3 Å². The third kappa shape index (κ3) is 3.38. The smallest absolute Gasteiger partial charge is 0.257 e. The largest absolute Gasteiger partial charge is 0.304 e. The van der Waals surface area contributed by atoms with Crippen LogP contribution in [0.1, 0.15) is 16.1 Å². The minimum Gasteiger partial charge on any atom is -0.304 e. The van der Waals surface area contributed by atoms with Crippen LogP contribution in [0, 0.1) is 0 Å². The highest BCUT2D eigenvalue weighted by molar-refractivity contribution is 7.13. The number of hydrogen-bond acceptors (Lipinski definition) is 4. The molecule has 2 rings (SSSR count). The summed E-state index contributed by atoms with van der Waals surface area (Å²) in [5.74, 6) is -0.124. The maximum Gasteiger partial charge on any atom is 0.257 e. The molecule has 1 aromatic carbocycles. The summed E-state index contributed by atoms with van der Waals surface area (Å²) in [6.45, 7) is 0.776. The van der Waals surface area contributed by atoms with Gasteiger partial charge in [-0.15, -0.1) is 11.3 Å². The summed E-state index contributed by atoms with van der Waals surface area (Å²) >= 11 is 1.44. The molecular formula is C13H15N3OS. The summed E-state index contributed by atoms with van der Waals surface area (Å²) in [5, 5.41) is 5.40. The first-order valence-electron chi connectivity index (χ1n) is 5.60. The van der Waals surface area contributed by atoms with E-state index in [9.17, 15) is 4.79 Å². The zero-order valence-corrected chi connectivity index (χ0v) is 11.2. The van der Waals surface area contributed by atoms with E-state index in [0.29, 0.717) is 10.7 Å². The molecule has 0 atom stereocenters. The zero-order chi connectivity index (χ0) is 13.0. The van der Waals surface area contributed by atoms with Crippen LogP contribution in [0.5, 0.6) is 0 Å². The average molecular weight is 261 g/mol. The van der Waals surface area contributed by atoms with Gasteiger partial charge in [-0.05, 0) is 26.2 Å². The summed E-state index contributed by atoms with van der Waals surface area (Å²) in [6.07, 6.45) is 0. The van der Waals surface area contributed by atoms with Crippen molar-refractivity contribution in [1.29, 1.82) is 0 Å². The lowest BCUT2D eigenvalue weighted by Gasteiger charge is -2.05. The molecule has 94 valence electrons. The Bertz CT molecular complexity index is 522. The van der Waals surface area contributed by atoms with Gasteiger partial charge in [-0.2, -0.15) is 0 Å². The van der Waals surface area contributed by atoms with Crippen molar-refractivity contribution in [2.75, 3.05) is 19.4 Å². The molecule has 1 heterocycles. The highest BCUT2D eigenvalue weighted by atomic mass is 32.1. The fourth-order valence-electron chi connectivity index (χ4n) is 1.52. The topological polar surface area (TPSA) is 45.2 Å². The highest BCUT2D eigenvalue weighted by Crippen LogP contribution is 2.17. The molecule has 5 heteroatoms. The van der Waals surface area contributed by atoms with Gasteiger partial charge in [0.1, 0.15) is 0 Å². The van der Waals surface area contributed by atoms with E-state index in [1.807, 2.05) is 42.6 Å². The lowest BCUT2D eigenvalue weighted by Crippen LogP contribution is -2.13. The van der Waals surface area contributed by atoms with Gasteiger partial charge in [0.25, 0.3) is 5.91 Å². The maximum atomic E-state index is 11.9. The lowest BCUT2D eigenvalue weighted by atomic mass is 10.2. The summed E-state index contributed by atoms with van der Waals surface area (Å²) in [6, 6.07) is 9.13. The first-order chi connectivity index (χ1) is 8.65. The molecule has 0 unspecified atom stereocenters. The van der Waals surface area contributed by atoms with Crippen LogP contribution in [0.4, 0.5) is 5.13 Å². The molecule has 0 fully saturated rings. The standard InChI is InChI=1S/C13H15N3OS/c1-16(2)8-11-9-18-13(14-11)15-12(17)10-6-4-3-5-7-10/h3-7,9H,8H2,1-2H3,(H,14,15,17). The van der Waals surface area contributed by atoms with Gasteiger partial charge in [0.05, 0.1) is 5.69 Å². The SMILES string of the molecule is CN(C)Cc1csc(NC(=O)c2ccccc2)n1. The second kappa shape index (κ2) is 5.75. The van der Waals surface area contributed by atoms with E-state index in [1.165, 1.54) is 11.3 Å². The molecule has 0 bridgehead atoms. The van der Waals surface area contributed by atoms with E-state index >= 15 is 0 Å². The Morgan fingerprint density at radius 1 is 1.33 bits per heavy atom. The van der Waals surface area contributed by atoms with Crippen LogP contribution < -0.4 is 5.32 Å². The van der Waals surface area contributed by atoms with Gasteiger partial charge >= 0.3 is 0 Å². The van der Waals surface area contributed by atoms with Crippen LogP contribution in [-0.2, 0) is 6.54 Å². The number of nitrogens with zero attached hydrogens (tertiary/aromatic N) is 2. The number of carbonyl (C=O) groups excluding carboxylic acids is 1. The van der Waals surface area contributed by atoms with Crippen molar-refractivity contribution < 1.29 is 4.79 Å². The van der Waals surface area contributed by atoms with Crippen LogP contribution in [0.25, 0.3) is 0 Å². The van der Waals surface area contributed by atoms with Crippen LogP contribution in [0.2, 0.25) is 0 Å². The quantitative estimate of drug-likeness (QED) is 0.919. The van der Waals surface area contributed by atoms with Crippen LogP contribution >= 0.6 is 11.3 Å². The van der Waals surface area contributed by atoms with Crippen molar-refractivity contribution >= 4 is 22.4 Å². The maximum absolute atomic E-state index is 11.9. The van der Waals surface area contributed by atoms with Gasteiger partial charge in [-0.1, -0.05) is 18.2 Å². The Morgan fingerprint density at radius 2 is 2.06 bits per heavy atom. The van der Waals surface area contributed by atoms with E-state index < -0.39 is 0 Å². The molecule has 0 radical (unpaired) electrons. The minimum absolute atomic E-state index is 0.124. The molecular weight excluding hydrogens is 246 g/mol. The molecule has 0 saturated carbocycles.